The lowest BCUT2D eigenvalue weighted by atomic mass is 10.0. The van der Waals surface area contributed by atoms with Gasteiger partial charge in [0.1, 0.15) is 5.58 Å². The van der Waals surface area contributed by atoms with Gasteiger partial charge in [-0.25, -0.2) is 0 Å². The molecule has 0 fully saturated rings. The van der Waals surface area contributed by atoms with E-state index in [-0.39, 0.29) is 0 Å². The largest absolute Gasteiger partial charge is 0.464 e. The van der Waals surface area contributed by atoms with Crippen LogP contribution in [0.25, 0.3) is 21.7 Å². The van der Waals surface area contributed by atoms with Crippen molar-refractivity contribution in [2.45, 2.75) is 19.3 Å². The maximum atomic E-state index is 5.66. The van der Waals surface area contributed by atoms with E-state index in [9.17, 15) is 0 Å². The molecule has 1 heteroatoms. The Balaban J connectivity index is 2.14. The van der Waals surface area contributed by atoms with Crippen molar-refractivity contribution in [2.24, 2.45) is 0 Å². The van der Waals surface area contributed by atoms with E-state index < -0.39 is 0 Å². The van der Waals surface area contributed by atoms with Gasteiger partial charge in [0.25, 0.3) is 0 Å². The minimum Gasteiger partial charge on any atom is -0.464 e. The third kappa shape index (κ3) is 1.82. The standard InChI is InChI=1S/C17H16O/c1-2-3-4-8-14-12-18-16-11-10-13-7-5-6-9-15(13)17(14)16/h2,5-7,9-12H,1,3-4,8H2. The predicted octanol–water partition coefficient (Wildman–Crippen LogP) is 5.09. The molecule has 0 spiro atoms. The normalized spacial score (nSPS) is 11.1. The van der Waals surface area contributed by atoms with E-state index in [1.165, 1.54) is 21.7 Å². The van der Waals surface area contributed by atoms with Crippen LogP contribution in [-0.4, -0.2) is 0 Å². The second kappa shape index (κ2) is 4.69. The Morgan fingerprint density at radius 2 is 2.00 bits per heavy atom. The van der Waals surface area contributed by atoms with Crippen LogP contribution in [0.15, 0.2) is 59.7 Å². The van der Waals surface area contributed by atoms with Crippen LogP contribution in [0, 0.1) is 0 Å². The highest BCUT2D eigenvalue weighted by Crippen LogP contribution is 2.30. The Bertz CT molecular complexity index is 691. The summed E-state index contributed by atoms with van der Waals surface area (Å²) in [6, 6.07) is 12.7. The Morgan fingerprint density at radius 3 is 2.89 bits per heavy atom. The molecule has 0 unspecified atom stereocenters. The lowest BCUT2D eigenvalue weighted by molar-refractivity contribution is 0.609. The van der Waals surface area contributed by atoms with Gasteiger partial charge in [-0.05, 0) is 41.7 Å². The number of furan rings is 1. The summed E-state index contributed by atoms with van der Waals surface area (Å²) in [4.78, 5) is 0. The van der Waals surface area contributed by atoms with Gasteiger partial charge in [0.2, 0.25) is 0 Å². The van der Waals surface area contributed by atoms with Crippen molar-refractivity contribution in [3.8, 4) is 0 Å². The summed E-state index contributed by atoms with van der Waals surface area (Å²) < 4.78 is 5.66. The monoisotopic (exact) mass is 236 g/mol. The zero-order valence-electron chi connectivity index (χ0n) is 10.4. The van der Waals surface area contributed by atoms with Crippen LogP contribution < -0.4 is 0 Å². The lowest BCUT2D eigenvalue weighted by Crippen LogP contribution is -1.83. The van der Waals surface area contributed by atoms with Gasteiger partial charge in [-0.1, -0.05) is 36.4 Å². The number of rotatable bonds is 4. The van der Waals surface area contributed by atoms with Crippen molar-refractivity contribution in [1.82, 2.24) is 0 Å². The summed E-state index contributed by atoms with van der Waals surface area (Å²) in [6.45, 7) is 3.77. The van der Waals surface area contributed by atoms with Crippen molar-refractivity contribution in [1.29, 1.82) is 0 Å². The van der Waals surface area contributed by atoms with Crippen molar-refractivity contribution in [3.05, 3.63) is 60.9 Å². The predicted molar refractivity (Wildman–Crippen MR) is 76.9 cm³/mol. The third-order valence-electron chi connectivity index (χ3n) is 3.39. The van der Waals surface area contributed by atoms with Gasteiger partial charge in [0.05, 0.1) is 6.26 Å². The zero-order valence-corrected chi connectivity index (χ0v) is 10.4. The molecule has 0 saturated carbocycles. The van der Waals surface area contributed by atoms with Crippen LogP contribution >= 0.6 is 0 Å². The number of hydrogen-bond donors (Lipinski definition) is 0. The van der Waals surface area contributed by atoms with Crippen LogP contribution in [0.2, 0.25) is 0 Å². The number of unbranched alkanes of at least 4 members (excludes halogenated alkanes) is 1. The highest BCUT2D eigenvalue weighted by molar-refractivity contribution is 6.07. The van der Waals surface area contributed by atoms with Crippen molar-refractivity contribution in [2.75, 3.05) is 0 Å². The van der Waals surface area contributed by atoms with Gasteiger partial charge in [-0.2, -0.15) is 0 Å². The van der Waals surface area contributed by atoms with Crippen molar-refractivity contribution in [3.63, 3.8) is 0 Å². The Morgan fingerprint density at radius 1 is 1.11 bits per heavy atom. The fourth-order valence-electron chi connectivity index (χ4n) is 2.50. The van der Waals surface area contributed by atoms with E-state index in [2.05, 4.69) is 43.0 Å². The molecule has 3 rings (SSSR count). The van der Waals surface area contributed by atoms with Gasteiger partial charge in [-0.15, -0.1) is 6.58 Å². The molecule has 0 aliphatic rings. The molecule has 90 valence electrons. The molecule has 0 bridgehead atoms. The third-order valence-corrected chi connectivity index (χ3v) is 3.39. The SMILES string of the molecule is C=CCCCc1coc2ccc3ccccc3c12. The van der Waals surface area contributed by atoms with Gasteiger partial charge >= 0.3 is 0 Å². The number of hydrogen-bond acceptors (Lipinski definition) is 1. The van der Waals surface area contributed by atoms with Crippen molar-refractivity contribution < 1.29 is 4.42 Å². The molecule has 1 heterocycles. The maximum absolute atomic E-state index is 5.66. The number of benzene rings is 2. The topological polar surface area (TPSA) is 13.1 Å². The summed E-state index contributed by atoms with van der Waals surface area (Å²) >= 11 is 0. The minimum absolute atomic E-state index is 0.988. The zero-order chi connectivity index (χ0) is 12.4. The summed E-state index contributed by atoms with van der Waals surface area (Å²) in [7, 11) is 0. The van der Waals surface area contributed by atoms with Crippen LogP contribution in [0.5, 0.6) is 0 Å². The summed E-state index contributed by atoms with van der Waals surface area (Å²) in [5.41, 5.74) is 2.30. The highest BCUT2D eigenvalue weighted by atomic mass is 16.3. The maximum Gasteiger partial charge on any atom is 0.134 e. The summed E-state index contributed by atoms with van der Waals surface area (Å²) in [5.74, 6) is 0. The molecule has 18 heavy (non-hydrogen) atoms. The van der Waals surface area contributed by atoms with Gasteiger partial charge in [0.15, 0.2) is 0 Å². The molecule has 0 saturated heterocycles. The van der Waals surface area contributed by atoms with Gasteiger partial charge in [0, 0.05) is 5.39 Å². The molecule has 0 amide bonds. The molecule has 0 atom stereocenters. The molecule has 0 aliphatic heterocycles. The summed E-state index contributed by atoms with van der Waals surface area (Å²) in [6.07, 6.45) is 7.10. The quantitative estimate of drug-likeness (QED) is 0.454. The second-order valence-electron chi connectivity index (χ2n) is 4.60. The van der Waals surface area contributed by atoms with Crippen LogP contribution in [0.1, 0.15) is 18.4 Å². The average molecular weight is 236 g/mol. The highest BCUT2D eigenvalue weighted by Gasteiger charge is 2.08. The molecule has 0 aliphatic carbocycles. The van der Waals surface area contributed by atoms with E-state index in [0.29, 0.717) is 0 Å². The van der Waals surface area contributed by atoms with E-state index in [1.807, 2.05) is 12.3 Å². The summed E-state index contributed by atoms with van der Waals surface area (Å²) in [5, 5.41) is 3.84. The average Bonchev–Trinajstić information content (AvgIpc) is 2.83. The molecule has 0 radical (unpaired) electrons. The van der Waals surface area contributed by atoms with Gasteiger partial charge < -0.3 is 4.42 Å². The molecule has 3 aromatic rings. The van der Waals surface area contributed by atoms with E-state index >= 15 is 0 Å². The molecular formula is C17H16O. The second-order valence-corrected chi connectivity index (χ2v) is 4.60. The number of aryl methyl sites for hydroxylation is 1. The first kappa shape index (κ1) is 11.1. The fraction of sp³-hybridized carbons (Fsp3) is 0.176. The molecular weight excluding hydrogens is 220 g/mol. The Hall–Kier alpha value is -2.02. The first-order chi connectivity index (χ1) is 8.90. The van der Waals surface area contributed by atoms with Crippen LogP contribution in [0.4, 0.5) is 0 Å². The molecule has 1 aromatic heterocycles. The van der Waals surface area contributed by atoms with E-state index in [0.717, 1.165) is 24.8 Å². The lowest BCUT2D eigenvalue weighted by Gasteiger charge is -2.01. The van der Waals surface area contributed by atoms with E-state index in [4.69, 9.17) is 4.42 Å². The van der Waals surface area contributed by atoms with Crippen LogP contribution in [0.3, 0.4) is 0 Å². The molecule has 1 nitrogen and oxygen atoms in total. The first-order valence-electron chi connectivity index (χ1n) is 6.39. The minimum atomic E-state index is 0.988. The first-order valence-corrected chi connectivity index (χ1v) is 6.39. The molecule has 2 aromatic carbocycles. The fourth-order valence-corrected chi connectivity index (χ4v) is 2.50. The molecule has 0 N–H and O–H groups in total. The number of fused-ring (bicyclic) bond motifs is 3. The Labute approximate surface area is 107 Å². The van der Waals surface area contributed by atoms with Crippen molar-refractivity contribution >= 4 is 21.7 Å². The van der Waals surface area contributed by atoms with Crippen LogP contribution in [-0.2, 0) is 6.42 Å². The smallest absolute Gasteiger partial charge is 0.134 e. The number of allylic oxidation sites excluding steroid dienone is 1. The van der Waals surface area contributed by atoms with E-state index in [1.54, 1.807) is 0 Å². The Kier molecular flexibility index (Phi) is 2.89. The van der Waals surface area contributed by atoms with Gasteiger partial charge in [-0.3, -0.25) is 0 Å².